The maximum absolute atomic E-state index is 13.2. The van der Waals surface area contributed by atoms with Crippen LogP contribution in [0.1, 0.15) is 27.5 Å². The number of fused-ring (bicyclic) bond motifs is 1. The van der Waals surface area contributed by atoms with E-state index in [1.807, 2.05) is 17.0 Å². The van der Waals surface area contributed by atoms with E-state index in [9.17, 15) is 13.6 Å². The molecule has 2 aliphatic rings. The van der Waals surface area contributed by atoms with Crippen molar-refractivity contribution in [3.05, 3.63) is 65.2 Å². The Labute approximate surface area is 169 Å². The molecule has 0 unspecified atom stereocenters. The fraction of sp³-hybridized carbons (Fsp3) is 0.381. The number of rotatable bonds is 4. The SMILES string of the molecule is Cc1ccccc1[C@H]1[C@H]2CNC[C@H]2CN1C(=O)c1ccc(OC(F)F)cc1.Cl. The summed E-state index contributed by atoms with van der Waals surface area (Å²) in [4.78, 5) is 15.2. The molecule has 3 atom stereocenters. The Kier molecular flexibility index (Phi) is 6.20. The third-order valence-electron chi connectivity index (χ3n) is 5.66. The van der Waals surface area contributed by atoms with Crippen molar-refractivity contribution in [2.75, 3.05) is 19.6 Å². The molecule has 28 heavy (non-hydrogen) atoms. The van der Waals surface area contributed by atoms with Gasteiger partial charge in [0.25, 0.3) is 5.91 Å². The summed E-state index contributed by atoms with van der Waals surface area (Å²) in [5, 5.41) is 3.44. The van der Waals surface area contributed by atoms with Crippen LogP contribution < -0.4 is 10.1 Å². The van der Waals surface area contributed by atoms with Gasteiger partial charge in [0.05, 0.1) is 6.04 Å². The lowest BCUT2D eigenvalue weighted by Crippen LogP contribution is -2.35. The van der Waals surface area contributed by atoms with E-state index in [4.69, 9.17) is 0 Å². The number of carbonyl (C=O) groups excluding carboxylic acids is 1. The predicted molar refractivity (Wildman–Crippen MR) is 105 cm³/mol. The summed E-state index contributed by atoms with van der Waals surface area (Å²) in [6, 6.07) is 14.2. The third kappa shape index (κ3) is 3.84. The first-order chi connectivity index (χ1) is 13.0. The van der Waals surface area contributed by atoms with Gasteiger partial charge >= 0.3 is 6.61 Å². The molecule has 0 radical (unpaired) electrons. The predicted octanol–water partition coefficient (Wildman–Crippen LogP) is 4.05. The van der Waals surface area contributed by atoms with Gasteiger partial charge in [0.15, 0.2) is 0 Å². The second-order valence-electron chi connectivity index (χ2n) is 7.24. The molecule has 2 saturated heterocycles. The Morgan fingerprint density at radius 1 is 1.14 bits per heavy atom. The number of carbonyl (C=O) groups is 1. The molecule has 4 nitrogen and oxygen atoms in total. The van der Waals surface area contributed by atoms with Gasteiger partial charge in [-0.25, -0.2) is 0 Å². The van der Waals surface area contributed by atoms with Crippen LogP contribution in [0.15, 0.2) is 48.5 Å². The highest BCUT2D eigenvalue weighted by atomic mass is 35.5. The van der Waals surface area contributed by atoms with Gasteiger partial charge in [-0.3, -0.25) is 4.79 Å². The number of hydrogen-bond donors (Lipinski definition) is 1. The molecule has 0 aromatic heterocycles. The van der Waals surface area contributed by atoms with Crippen LogP contribution in [0.2, 0.25) is 0 Å². The van der Waals surface area contributed by atoms with Crippen molar-refractivity contribution < 1.29 is 18.3 Å². The number of nitrogens with one attached hydrogen (secondary N) is 1. The molecule has 0 spiro atoms. The number of hydrogen-bond acceptors (Lipinski definition) is 3. The molecule has 150 valence electrons. The lowest BCUT2D eigenvalue weighted by atomic mass is 9.87. The van der Waals surface area contributed by atoms with Crippen LogP contribution in [0.5, 0.6) is 5.75 Å². The first-order valence-corrected chi connectivity index (χ1v) is 9.16. The van der Waals surface area contributed by atoms with Crippen molar-refractivity contribution >= 4 is 18.3 Å². The van der Waals surface area contributed by atoms with E-state index < -0.39 is 6.61 Å². The Balaban J connectivity index is 0.00000225. The first-order valence-electron chi connectivity index (χ1n) is 9.16. The highest BCUT2D eigenvalue weighted by Crippen LogP contribution is 2.44. The average Bonchev–Trinajstić information content (AvgIpc) is 3.23. The van der Waals surface area contributed by atoms with Crippen LogP contribution in [0.4, 0.5) is 8.78 Å². The van der Waals surface area contributed by atoms with Crippen LogP contribution >= 0.6 is 12.4 Å². The highest BCUT2D eigenvalue weighted by molar-refractivity contribution is 5.95. The molecule has 0 aliphatic carbocycles. The van der Waals surface area contributed by atoms with Gasteiger partial charge in [-0.2, -0.15) is 8.78 Å². The monoisotopic (exact) mass is 408 g/mol. The minimum absolute atomic E-state index is 0. The van der Waals surface area contributed by atoms with Crippen LogP contribution in [-0.2, 0) is 0 Å². The molecule has 2 heterocycles. The number of benzene rings is 2. The summed E-state index contributed by atoms with van der Waals surface area (Å²) >= 11 is 0. The maximum atomic E-state index is 13.2. The molecular formula is C21H23ClF2N2O2. The van der Waals surface area contributed by atoms with E-state index in [2.05, 4.69) is 29.1 Å². The van der Waals surface area contributed by atoms with E-state index in [1.54, 1.807) is 12.1 Å². The largest absolute Gasteiger partial charge is 0.435 e. The Bertz CT molecular complexity index is 831. The van der Waals surface area contributed by atoms with Crippen molar-refractivity contribution in [2.24, 2.45) is 11.8 Å². The first kappa shape index (κ1) is 20.6. The minimum Gasteiger partial charge on any atom is -0.435 e. The highest BCUT2D eigenvalue weighted by Gasteiger charge is 2.47. The number of amides is 1. The summed E-state index contributed by atoms with van der Waals surface area (Å²) in [7, 11) is 0. The van der Waals surface area contributed by atoms with Crippen molar-refractivity contribution in [3.63, 3.8) is 0 Å². The Hall–Kier alpha value is -2.18. The number of alkyl halides is 2. The van der Waals surface area contributed by atoms with Gasteiger partial charge in [0.1, 0.15) is 5.75 Å². The zero-order valence-electron chi connectivity index (χ0n) is 15.5. The van der Waals surface area contributed by atoms with Crippen molar-refractivity contribution in [1.82, 2.24) is 10.2 Å². The average molecular weight is 409 g/mol. The van der Waals surface area contributed by atoms with E-state index in [-0.39, 0.29) is 30.1 Å². The molecule has 7 heteroatoms. The summed E-state index contributed by atoms with van der Waals surface area (Å²) in [6.07, 6.45) is 0. The second-order valence-corrected chi connectivity index (χ2v) is 7.24. The molecule has 4 rings (SSSR count). The van der Waals surface area contributed by atoms with E-state index in [1.165, 1.54) is 23.3 Å². The van der Waals surface area contributed by atoms with Gasteiger partial charge < -0.3 is 15.0 Å². The van der Waals surface area contributed by atoms with Crippen LogP contribution in [0.25, 0.3) is 0 Å². The molecule has 0 bridgehead atoms. The number of aryl methyl sites for hydroxylation is 1. The number of ether oxygens (including phenoxy) is 1. The topological polar surface area (TPSA) is 41.6 Å². The van der Waals surface area contributed by atoms with E-state index in [0.29, 0.717) is 23.9 Å². The molecule has 2 aromatic rings. The van der Waals surface area contributed by atoms with Crippen LogP contribution in [0, 0.1) is 18.8 Å². The second kappa shape index (κ2) is 8.45. The number of nitrogens with zero attached hydrogens (tertiary/aromatic N) is 1. The van der Waals surface area contributed by atoms with Crippen molar-refractivity contribution in [3.8, 4) is 5.75 Å². The minimum atomic E-state index is -2.87. The lowest BCUT2D eigenvalue weighted by molar-refractivity contribution is -0.0498. The number of halogens is 3. The van der Waals surface area contributed by atoms with E-state index in [0.717, 1.165) is 13.1 Å². The Morgan fingerprint density at radius 2 is 1.86 bits per heavy atom. The van der Waals surface area contributed by atoms with Gasteiger partial charge in [0.2, 0.25) is 0 Å². The fourth-order valence-electron chi connectivity index (χ4n) is 4.39. The summed E-state index contributed by atoms with van der Waals surface area (Å²) in [5.74, 6) is 0.803. The summed E-state index contributed by atoms with van der Waals surface area (Å²) in [5.41, 5.74) is 2.84. The third-order valence-corrected chi connectivity index (χ3v) is 5.66. The normalized spacial score (nSPS) is 23.4. The smallest absolute Gasteiger partial charge is 0.387 e. The zero-order valence-corrected chi connectivity index (χ0v) is 16.3. The van der Waals surface area contributed by atoms with Crippen LogP contribution in [-0.4, -0.2) is 37.1 Å². The van der Waals surface area contributed by atoms with Crippen molar-refractivity contribution in [1.29, 1.82) is 0 Å². The van der Waals surface area contributed by atoms with Crippen LogP contribution in [0.3, 0.4) is 0 Å². The molecule has 2 aromatic carbocycles. The maximum Gasteiger partial charge on any atom is 0.387 e. The molecule has 2 aliphatic heterocycles. The van der Waals surface area contributed by atoms with Gasteiger partial charge in [-0.1, -0.05) is 24.3 Å². The van der Waals surface area contributed by atoms with Gasteiger partial charge in [0, 0.05) is 31.1 Å². The quantitative estimate of drug-likeness (QED) is 0.829. The molecule has 0 saturated carbocycles. The Morgan fingerprint density at radius 3 is 2.54 bits per heavy atom. The molecule has 2 fully saturated rings. The number of likely N-dealkylation sites (tertiary alicyclic amines) is 1. The standard InChI is InChI=1S/C21H22F2N2O2.ClH/c1-13-4-2-3-5-17(13)19-18-11-24-10-15(18)12-25(19)20(26)14-6-8-16(9-7-14)27-21(22)23;/h2-9,15,18-19,21,24H,10-12H2,1H3;1H/t15-,18-,19-;/m0./s1. The fourth-order valence-corrected chi connectivity index (χ4v) is 4.39. The van der Waals surface area contributed by atoms with Gasteiger partial charge in [-0.15, -0.1) is 12.4 Å². The van der Waals surface area contributed by atoms with Gasteiger partial charge in [-0.05, 0) is 48.2 Å². The molecular weight excluding hydrogens is 386 g/mol. The molecule has 1 N–H and O–H groups in total. The summed E-state index contributed by atoms with van der Waals surface area (Å²) in [6.45, 7) is 1.71. The molecule has 1 amide bonds. The lowest BCUT2D eigenvalue weighted by Gasteiger charge is -2.29. The summed E-state index contributed by atoms with van der Waals surface area (Å²) < 4.78 is 29.0. The van der Waals surface area contributed by atoms with Crippen molar-refractivity contribution in [2.45, 2.75) is 19.6 Å². The van der Waals surface area contributed by atoms with E-state index >= 15 is 0 Å². The zero-order chi connectivity index (χ0) is 19.0.